The molecule has 0 unspecified atom stereocenters. The van der Waals surface area contributed by atoms with Crippen LogP contribution >= 0.6 is 0 Å². The SMILES string of the molecule is c1ccc(-c2ccc(-c3nc(-c4ccccc4)nc(-n4c5ccccc5c5cc6c(cc54)c4ccccc4n6-c4ccccc4-c4cc(-c5ccccc5)nc(-c5ccccc5)c4)n3)cc2)cc1. The summed E-state index contributed by atoms with van der Waals surface area (Å²) in [4.78, 5) is 20.9. The van der Waals surface area contributed by atoms with Crippen molar-refractivity contribution in [1.82, 2.24) is 29.1 Å². The van der Waals surface area contributed by atoms with E-state index in [0.717, 1.165) is 105 Å². The number of fused-ring (bicyclic) bond motifs is 6. The van der Waals surface area contributed by atoms with Crippen molar-refractivity contribution < 1.29 is 0 Å². The van der Waals surface area contributed by atoms with Gasteiger partial charge in [0, 0.05) is 49.4 Å². The number of hydrogen-bond acceptors (Lipinski definition) is 4. The third-order valence-electron chi connectivity index (χ3n) is 13.0. The first-order chi connectivity index (χ1) is 33.7. The molecule has 0 aliphatic carbocycles. The molecule has 4 heterocycles. The topological polar surface area (TPSA) is 61.4 Å². The van der Waals surface area contributed by atoms with Gasteiger partial charge in [0.15, 0.2) is 11.6 Å². The Morgan fingerprint density at radius 3 is 1.24 bits per heavy atom. The highest BCUT2D eigenvalue weighted by Gasteiger charge is 2.23. The maximum atomic E-state index is 5.30. The van der Waals surface area contributed by atoms with Gasteiger partial charge in [0.2, 0.25) is 5.95 Å². The van der Waals surface area contributed by atoms with Crippen LogP contribution in [-0.4, -0.2) is 29.1 Å². The second-order valence-corrected chi connectivity index (χ2v) is 17.1. The van der Waals surface area contributed by atoms with Gasteiger partial charge in [-0.1, -0.05) is 200 Å². The average molecular weight is 869 g/mol. The van der Waals surface area contributed by atoms with Crippen molar-refractivity contribution in [3.8, 4) is 79.2 Å². The summed E-state index contributed by atoms with van der Waals surface area (Å²) in [6.45, 7) is 0. The molecule has 6 heteroatoms. The molecule has 0 spiro atoms. The lowest BCUT2D eigenvalue weighted by Crippen LogP contribution is -2.06. The van der Waals surface area contributed by atoms with Crippen LogP contribution in [0.15, 0.2) is 243 Å². The molecule has 13 rings (SSSR count). The summed E-state index contributed by atoms with van der Waals surface area (Å²) in [5, 5.41) is 4.50. The quantitative estimate of drug-likeness (QED) is 0.153. The number of aromatic nitrogens is 6. The number of rotatable bonds is 8. The molecule has 0 saturated heterocycles. The minimum atomic E-state index is 0.557. The molecular weight excluding hydrogens is 829 g/mol. The Hall–Kier alpha value is -9.26. The van der Waals surface area contributed by atoms with Gasteiger partial charge in [-0.2, -0.15) is 9.97 Å². The smallest absolute Gasteiger partial charge is 0.238 e. The number of hydrogen-bond donors (Lipinski definition) is 0. The Balaban J connectivity index is 1.03. The average Bonchev–Trinajstić information content (AvgIpc) is 3.92. The van der Waals surface area contributed by atoms with E-state index in [1.807, 2.05) is 36.4 Å². The lowest BCUT2D eigenvalue weighted by molar-refractivity contribution is 0.954. The summed E-state index contributed by atoms with van der Waals surface area (Å²) in [7, 11) is 0. The van der Waals surface area contributed by atoms with Crippen molar-refractivity contribution in [1.29, 1.82) is 0 Å². The highest BCUT2D eigenvalue weighted by atomic mass is 15.2. The predicted molar refractivity (Wildman–Crippen MR) is 279 cm³/mol. The molecule has 13 aromatic rings. The minimum absolute atomic E-state index is 0.557. The number of benzene rings is 9. The van der Waals surface area contributed by atoms with E-state index >= 15 is 0 Å². The van der Waals surface area contributed by atoms with Crippen LogP contribution in [0.25, 0.3) is 123 Å². The lowest BCUT2D eigenvalue weighted by Gasteiger charge is -2.16. The Labute approximate surface area is 392 Å². The molecule has 9 aromatic carbocycles. The fraction of sp³-hybridized carbons (Fsp3) is 0. The van der Waals surface area contributed by atoms with E-state index in [2.05, 4.69) is 215 Å². The van der Waals surface area contributed by atoms with E-state index in [0.29, 0.717) is 17.6 Å². The van der Waals surface area contributed by atoms with Crippen LogP contribution in [-0.2, 0) is 0 Å². The van der Waals surface area contributed by atoms with Crippen molar-refractivity contribution in [2.75, 3.05) is 0 Å². The molecule has 0 aliphatic rings. The second kappa shape index (κ2) is 16.3. The van der Waals surface area contributed by atoms with Gasteiger partial charge in [-0.15, -0.1) is 0 Å². The lowest BCUT2D eigenvalue weighted by atomic mass is 9.98. The number of para-hydroxylation sites is 3. The normalized spacial score (nSPS) is 11.5. The van der Waals surface area contributed by atoms with Crippen LogP contribution in [0.1, 0.15) is 0 Å². The van der Waals surface area contributed by atoms with Crippen molar-refractivity contribution in [3.05, 3.63) is 243 Å². The summed E-state index contributed by atoms with van der Waals surface area (Å²) in [6.07, 6.45) is 0. The standard InChI is InChI=1S/C62H40N6/c1-5-19-41(20-6-1)42-33-35-46(36-34-42)61-64-60(45-25-11-4-12-26-45)65-62(66-61)68-57-32-18-15-29-50(57)52-39-58-51(40-59(52)68)49-28-14-17-31-56(49)67(58)55-30-16-13-27-48(55)47-37-53(43-21-7-2-8-22-43)63-54(38-47)44-23-9-3-10-24-44/h1-40H. The molecular formula is C62H40N6. The first-order valence-corrected chi connectivity index (χ1v) is 22.9. The largest absolute Gasteiger partial charge is 0.309 e. The molecule has 0 N–H and O–H groups in total. The predicted octanol–water partition coefficient (Wildman–Crippen LogP) is 15.5. The molecule has 4 aromatic heterocycles. The summed E-state index contributed by atoms with van der Waals surface area (Å²) in [5.74, 6) is 1.78. The third-order valence-corrected chi connectivity index (χ3v) is 13.0. The van der Waals surface area contributed by atoms with Crippen molar-refractivity contribution in [2.24, 2.45) is 0 Å². The molecule has 0 amide bonds. The zero-order valence-electron chi connectivity index (χ0n) is 36.8. The van der Waals surface area contributed by atoms with Crippen molar-refractivity contribution in [3.63, 3.8) is 0 Å². The van der Waals surface area contributed by atoms with E-state index in [1.165, 1.54) is 0 Å². The zero-order chi connectivity index (χ0) is 45.0. The van der Waals surface area contributed by atoms with Gasteiger partial charge in [-0.3, -0.25) is 4.57 Å². The Morgan fingerprint density at radius 1 is 0.250 bits per heavy atom. The second-order valence-electron chi connectivity index (χ2n) is 17.1. The Kier molecular flexibility index (Phi) is 9.39. The van der Waals surface area contributed by atoms with Crippen molar-refractivity contribution >= 4 is 43.6 Å². The maximum absolute atomic E-state index is 5.30. The Bertz CT molecular complexity index is 3930. The summed E-state index contributed by atoms with van der Waals surface area (Å²) in [5.41, 5.74) is 15.7. The van der Waals surface area contributed by atoms with E-state index in [9.17, 15) is 0 Å². The van der Waals surface area contributed by atoms with Crippen LogP contribution in [0.5, 0.6) is 0 Å². The van der Waals surface area contributed by atoms with Crippen molar-refractivity contribution in [2.45, 2.75) is 0 Å². The van der Waals surface area contributed by atoms with Gasteiger partial charge >= 0.3 is 0 Å². The molecule has 6 nitrogen and oxygen atoms in total. The summed E-state index contributed by atoms with van der Waals surface area (Å²) >= 11 is 0. The summed E-state index contributed by atoms with van der Waals surface area (Å²) in [6, 6.07) is 85.2. The van der Waals surface area contributed by atoms with E-state index < -0.39 is 0 Å². The third kappa shape index (κ3) is 6.74. The molecule has 0 saturated carbocycles. The van der Waals surface area contributed by atoms with Crippen LogP contribution in [0.2, 0.25) is 0 Å². The molecule has 68 heavy (non-hydrogen) atoms. The maximum Gasteiger partial charge on any atom is 0.238 e. The molecule has 318 valence electrons. The highest BCUT2D eigenvalue weighted by Crippen LogP contribution is 2.42. The van der Waals surface area contributed by atoms with Gasteiger partial charge in [0.05, 0.1) is 39.1 Å². The van der Waals surface area contributed by atoms with Gasteiger partial charge in [-0.25, -0.2) is 9.97 Å². The van der Waals surface area contributed by atoms with Crippen LogP contribution in [0.4, 0.5) is 0 Å². The number of pyridine rings is 1. The molecule has 0 bridgehead atoms. The molecule has 0 radical (unpaired) electrons. The molecule has 0 atom stereocenters. The van der Waals surface area contributed by atoms with Gasteiger partial charge in [-0.05, 0) is 59.2 Å². The van der Waals surface area contributed by atoms with Gasteiger partial charge in [0.1, 0.15) is 0 Å². The first-order valence-electron chi connectivity index (χ1n) is 22.9. The van der Waals surface area contributed by atoms with E-state index in [1.54, 1.807) is 0 Å². The van der Waals surface area contributed by atoms with Crippen LogP contribution in [0, 0.1) is 0 Å². The van der Waals surface area contributed by atoms with E-state index in [4.69, 9.17) is 19.9 Å². The fourth-order valence-corrected chi connectivity index (χ4v) is 9.77. The fourth-order valence-electron chi connectivity index (χ4n) is 9.77. The van der Waals surface area contributed by atoms with Gasteiger partial charge in [0.25, 0.3) is 0 Å². The zero-order valence-corrected chi connectivity index (χ0v) is 36.8. The molecule has 0 fully saturated rings. The number of nitrogens with zero attached hydrogens (tertiary/aromatic N) is 6. The van der Waals surface area contributed by atoms with Crippen LogP contribution < -0.4 is 0 Å². The Morgan fingerprint density at radius 2 is 0.662 bits per heavy atom. The highest BCUT2D eigenvalue weighted by molar-refractivity contribution is 6.19. The monoisotopic (exact) mass is 868 g/mol. The van der Waals surface area contributed by atoms with E-state index in [-0.39, 0.29) is 0 Å². The minimum Gasteiger partial charge on any atom is -0.309 e. The molecule has 0 aliphatic heterocycles. The van der Waals surface area contributed by atoms with Crippen LogP contribution in [0.3, 0.4) is 0 Å². The van der Waals surface area contributed by atoms with Gasteiger partial charge < -0.3 is 4.57 Å². The first kappa shape index (κ1) is 39.1. The summed E-state index contributed by atoms with van der Waals surface area (Å²) < 4.78 is 4.65.